The first-order chi connectivity index (χ1) is 11.9. The average Bonchev–Trinajstić information content (AvgIpc) is 3.45. The molecule has 1 aliphatic heterocycles. The molecule has 1 saturated carbocycles. The molecular formula is C17H23N4O3S+. The largest absolute Gasteiger partial charge is 0.348 e. The summed E-state index contributed by atoms with van der Waals surface area (Å²) in [5.41, 5.74) is 0.162. The van der Waals surface area contributed by atoms with Crippen molar-refractivity contribution in [2.24, 2.45) is 0 Å². The van der Waals surface area contributed by atoms with Crippen LogP contribution in [0, 0.1) is 11.3 Å². The van der Waals surface area contributed by atoms with Crippen molar-refractivity contribution < 1.29 is 18.1 Å². The fourth-order valence-electron chi connectivity index (χ4n) is 3.11. The van der Waals surface area contributed by atoms with E-state index in [0.29, 0.717) is 32.2 Å². The maximum Gasteiger partial charge on any atom is 0.278 e. The number of hydrogen-bond acceptors (Lipinski definition) is 4. The molecule has 134 valence electrons. The summed E-state index contributed by atoms with van der Waals surface area (Å²) in [6.45, 7) is 3.74. The van der Waals surface area contributed by atoms with E-state index in [1.165, 1.54) is 16.4 Å². The van der Waals surface area contributed by atoms with Crippen LogP contribution in [0.15, 0.2) is 29.2 Å². The lowest BCUT2D eigenvalue weighted by Gasteiger charge is -2.34. The molecule has 1 aromatic rings. The molecule has 1 heterocycles. The summed E-state index contributed by atoms with van der Waals surface area (Å²) >= 11 is 0. The number of carbonyl (C=O) groups is 1. The Morgan fingerprint density at radius 2 is 1.96 bits per heavy atom. The van der Waals surface area contributed by atoms with Crippen LogP contribution in [0.2, 0.25) is 0 Å². The van der Waals surface area contributed by atoms with Gasteiger partial charge in [0.1, 0.15) is 6.07 Å². The van der Waals surface area contributed by atoms with Crippen LogP contribution in [-0.2, 0) is 14.8 Å². The molecule has 7 nitrogen and oxygen atoms in total. The Hall–Kier alpha value is -1.95. The monoisotopic (exact) mass is 363 g/mol. The number of carbonyl (C=O) groups excluding carboxylic acids is 1. The van der Waals surface area contributed by atoms with Gasteiger partial charge in [0.05, 0.1) is 36.6 Å². The van der Waals surface area contributed by atoms with Crippen LogP contribution in [0.3, 0.4) is 0 Å². The van der Waals surface area contributed by atoms with Crippen molar-refractivity contribution in [1.82, 2.24) is 9.62 Å². The minimum absolute atomic E-state index is 0.0450. The van der Waals surface area contributed by atoms with Gasteiger partial charge in [0, 0.05) is 6.04 Å². The maximum atomic E-state index is 12.8. The molecule has 0 bridgehead atoms. The molecule has 0 unspecified atom stereocenters. The number of hydrogen-bond donors (Lipinski definition) is 2. The van der Waals surface area contributed by atoms with Crippen LogP contribution < -0.4 is 10.2 Å². The molecule has 3 rings (SSSR count). The predicted molar refractivity (Wildman–Crippen MR) is 91.2 cm³/mol. The summed E-state index contributed by atoms with van der Waals surface area (Å²) in [6.07, 6.45) is 2.11. The Labute approximate surface area is 148 Å². The van der Waals surface area contributed by atoms with Gasteiger partial charge >= 0.3 is 0 Å². The predicted octanol–water partition coefficient (Wildman–Crippen LogP) is -0.885. The van der Waals surface area contributed by atoms with Gasteiger partial charge in [0.2, 0.25) is 10.0 Å². The van der Waals surface area contributed by atoms with Crippen molar-refractivity contribution in [3.63, 3.8) is 0 Å². The second kappa shape index (κ2) is 7.12. The van der Waals surface area contributed by atoms with Gasteiger partial charge in [0.15, 0.2) is 6.04 Å². The first-order valence-electron chi connectivity index (χ1n) is 8.57. The van der Waals surface area contributed by atoms with Gasteiger partial charge in [-0.1, -0.05) is 12.1 Å². The molecule has 1 amide bonds. The van der Waals surface area contributed by atoms with Crippen molar-refractivity contribution in [3.05, 3.63) is 29.8 Å². The third kappa shape index (κ3) is 3.84. The lowest BCUT2D eigenvalue weighted by Crippen LogP contribution is -3.19. The van der Waals surface area contributed by atoms with Gasteiger partial charge in [0.25, 0.3) is 5.91 Å². The molecule has 2 aliphatic rings. The van der Waals surface area contributed by atoms with Crippen LogP contribution in [-0.4, -0.2) is 56.9 Å². The van der Waals surface area contributed by atoms with E-state index < -0.39 is 10.0 Å². The highest BCUT2D eigenvalue weighted by molar-refractivity contribution is 7.89. The smallest absolute Gasteiger partial charge is 0.278 e. The van der Waals surface area contributed by atoms with Crippen molar-refractivity contribution in [3.8, 4) is 6.07 Å². The van der Waals surface area contributed by atoms with Gasteiger partial charge in [-0.05, 0) is 31.9 Å². The Bertz CT molecular complexity index is 790. The highest BCUT2D eigenvalue weighted by Crippen LogP contribution is 2.20. The molecule has 8 heteroatoms. The minimum atomic E-state index is -3.69. The zero-order chi connectivity index (χ0) is 18.0. The summed E-state index contributed by atoms with van der Waals surface area (Å²) in [7, 11) is -3.69. The summed E-state index contributed by atoms with van der Waals surface area (Å²) in [6, 6.07) is 8.35. The number of quaternary nitrogens is 1. The van der Waals surface area contributed by atoms with Crippen molar-refractivity contribution in [2.75, 3.05) is 26.2 Å². The summed E-state index contributed by atoms with van der Waals surface area (Å²) in [4.78, 5) is 13.3. The number of piperazine rings is 1. The van der Waals surface area contributed by atoms with Crippen molar-refractivity contribution in [2.45, 2.75) is 36.7 Å². The summed E-state index contributed by atoms with van der Waals surface area (Å²) in [5.74, 6) is 0.0450. The second-order valence-corrected chi connectivity index (χ2v) is 8.58. The van der Waals surface area contributed by atoms with Crippen LogP contribution in [0.5, 0.6) is 0 Å². The van der Waals surface area contributed by atoms with Crippen LogP contribution >= 0.6 is 0 Å². The van der Waals surface area contributed by atoms with Crippen molar-refractivity contribution in [1.29, 1.82) is 5.26 Å². The molecule has 2 N–H and O–H groups in total. The van der Waals surface area contributed by atoms with E-state index in [2.05, 4.69) is 5.32 Å². The Kier molecular flexibility index (Phi) is 5.08. The van der Waals surface area contributed by atoms with E-state index in [4.69, 9.17) is 5.26 Å². The lowest BCUT2D eigenvalue weighted by molar-refractivity contribution is -0.917. The zero-order valence-corrected chi connectivity index (χ0v) is 15.1. The van der Waals surface area contributed by atoms with E-state index in [0.717, 1.165) is 17.7 Å². The standard InChI is InChI=1S/C17H22N4O3S/c1-13(17(22)19-15-6-7-15)20-8-10-21(11-9-20)25(23,24)16-5-3-2-4-14(16)12-18/h2-5,13,15H,6-11H2,1H3,(H,19,22)/p+1/t13-/m1/s1. The van der Waals surface area contributed by atoms with Crippen LogP contribution in [0.25, 0.3) is 0 Å². The van der Waals surface area contributed by atoms with E-state index in [1.54, 1.807) is 12.1 Å². The average molecular weight is 363 g/mol. The number of benzene rings is 1. The van der Waals surface area contributed by atoms with E-state index in [-0.39, 0.29) is 22.4 Å². The Morgan fingerprint density at radius 1 is 1.32 bits per heavy atom. The molecule has 0 radical (unpaired) electrons. The molecule has 1 saturated heterocycles. The van der Waals surface area contributed by atoms with Gasteiger partial charge in [-0.2, -0.15) is 9.57 Å². The lowest BCUT2D eigenvalue weighted by atomic mass is 10.2. The fraction of sp³-hybridized carbons (Fsp3) is 0.529. The molecule has 2 fully saturated rings. The topological polar surface area (TPSA) is 94.7 Å². The number of rotatable bonds is 5. The highest BCUT2D eigenvalue weighted by Gasteiger charge is 2.36. The first-order valence-corrected chi connectivity index (χ1v) is 10.0. The summed E-state index contributed by atoms with van der Waals surface area (Å²) in [5, 5.41) is 12.2. The molecular weight excluding hydrogens is 340 g/mol. The third-order valence-electron chi connectivity index (χ3n) is 4.92. The van der Waals surface area contributed by atoms with Gasteiger partial charge in [-0.3, -0.25) is 4.79 Å². The van der Waals surface area contributed by atoms with E-state index >= 15 is 0 Å². The molecule has 0 spiro atoms. The fourth-order valence-corrected chi connectivity index (χ4v) is 4.69. The second-order valence-electron chi connectivity index (χ2n) is 6.67. The van der Waals surface area contributed by atoms with Crippen LogP contribution in [0.4, 0.5) is 0 Å². The highest BCUT2D eigenvalue weighted by atomic mass is 32.2. The number of nitriles is 1. The van der Waals surface area contributed by atoms with Crippen LogP contribution in [0.1, 0.15) is 25.3 Å². The Morgan fingerprint density at radius 3 is 2.56 bits per heavy atom. The number of nitrogens with zero attached hydrogens (tertiary/aromatic N) is 2. The normalized spacial score (nSPS) is 20.6. The number of sulfonamides is 1. The molecule has 1 aromatic carbocycles. The van der Waals surface area contributed by atoms with Crippen molar-refractivity contribution >= 4 is 15.9 Å². The molecule has 25 heavy (non-hydrogen) atoms. The maximum absolute atomic E-state index is 12.8. The van der Waals surface area contributed by atoms with Gasteiger partial charge < -0.3 is 10.2 Å². The molecule has 1 atom stereocenters. The van der Waals surface area contributed by atoms with Gasteiger partial charge in [-0.25, -0.2) is 8.42 Å². The minimum Gasteiger partial charge on any atom is -0.348 e. The first kappa shape index (κ1) is 17.9. The number of nitrogens with one attached hydrogen (secondary N) is 2. The quantitative estimate of drug-likeness (QED) is 0.710. The number of amides is 1. The van der Waals surface area contributed by atoms with E-state index in [9.17, 15) is 13.2 Å². The zero-order valence-electron chi connectivity index (χ0n) is 14.2. The summed E-state index contributed by atoms with van der Waals surface area (Å²) < 4.78 is 27.0. The SMILES string of the molecule is C[C@H](C(=O)NC1CC1)[NH+]1CCN(S(=O)(=O)c2ccccc2C#N)CC1. The Balaban J connectivity index is 1.65. The third-order valence-corrected chi connectivity index (χ3v) is 6.88. The molecule has 1 aliphatic carbocycles. The van der Waals surface area contributed by atoms with E-state index in [1.807, 2.05) is 13.0 Å². The van der Waals surface area contributed by atoms with Gasteiger partial charge in [-0.15, -0.1) is 0 Å². The molecule has 0 aromatic heterocycles.